The van der Waals surface area contributed by atoms with Crippen LogP contribution in [-0.2, 0) is 6.54 Å². The summed E-state index contributed by atoms with van der Waals surface area (Å²) in [6, 6.07) is 1.94. The van der Waals surface area contributed by atoms with Crippen LogP contribution in [0.4, 0.5) is 0 Å². The minimum Gasteiger partial charge on any atom is -0.311 e. The van der Waals surface area contributed by atoms with Gasteiger partial charge in [-0.2, -0.15) is 0 Å². The highest BCUT2D eigenvalue weighted by atomic mass is 14.9. The Hall–Kier alpha value is -0.960. The van der Waals surface area contributed by atoms with E-state index in [1.807, 2.05) is 6.07 Å². The van der Waals surface area contributed by atoms with E-state index >= 15 is 0 Å². The summed E-state index contributed by atoms with van der Waals surface area (Å²) in [5, 5.41) is 3.38. The van der Waals surface area contributed by atoms with Gasteiger partial charge in [0.05, 0.1) is 5.69 Å². The smallest absolute Gasteiger partial charge is 0.115 e. The van der Waals surface area contributed by atoms with Crippen molar-refractivity contribution in [3.05, 3.63) is 24.3 Å². The molecule has 3 nitrogen and oxygen atoms in total. The van der Waals surface area contributed by atoms with E-state index in [1.54, 1.807) is 12.5 Å². The van der Waals surface area contributed by atoms with Crippen molar-refractivity contribution in [2.75, 3.05) is 6.54 Å². The van der Waals surface area contributed by atoms with Gasteiger partial charge >= 0.3 is 0 Å². The lowest BCUT2D eigenvalue weighted by Crippen LogP contribution is -2.17. The number of nitrogens with one attached hydrogen (secondary N) is 1. The fourth-order valence-corrected chi connectivity index (χ4v) is 1.38. The Morgan fingerprint density at radius 2 is 2.13 bits per heavy atom. The Morgan fingerprint density at radius 3 is 2.73 bits per heavy atom. The number of nitrogens with zero attached hydrogens (tertiary/aromatic N) is 2. The van der Waals surface area contributed by atoms with Gasteiger partial charge in [-0.3, -0.25) is 0 Å². The van der Waals surface area contributed by atoms with Crippen LogP contribution in [0.5, 0.6) is 0 Å². The summed E-state index contributed by atoms with van der Waals surface area (Å²) < 4.78 is 0. The van der Waals surface area contributed by atoms with Crippen LogP contribution in [0, 0.1) is 5.41 Å². The molecular formula is C12H21N3. The number of aromatic nitrogens is 2. The van der Waals surface area contributed by atoms with Crippen molar-refractivity contribution in [2.45, 2.75) is 40.2 Å². The molecule has 0 aliphatic rings. The predicted molar refractivity (Wildman–Crippen MR) is 62.4 cm³/mol. The van der Waals surface area contributed by atoms with Crippen LogP contribution in [0.25, 0.3) is 0 Å². The quantitative estimate of drug-likeness (QED) is 0.753. The first-order valence-corrected chi connectivity index (χ1v) is 5.53. The van der Waals surface area contributed by atoms with Gasteiger partial charge in [0, 0.05) is 12.7 Å². The van der Waals surface area contributed by atoms with Crippen molar-refractivity contribution < 1.29 is 0 Å². The van der Waals surface area contributed by atoms with Crippen molar-refractivity contribution in [3.63, 3.8) is 0 Å². The van der Waals surface area contributed by atoms with Crippen molar-refractivity contribution in [3.8, 4) is 0 Å². The fraction of sp³-hybridized carbons (Fsp3) is 0.667. The maximum Gasteiger partial charge on any atom is 0.115 e. The molecule has 0 bridgehead atoms. The van der Waals surface area contributed by atoms with Crippen LogP contribution >= 0.6 is 0 Å². The van der Waals surface area contributed by atoms with E-state index in [1.165, 1.54) is 12.8 Å². The van der Waals surface area contributed by atoms with Crippen LogP contribution in [0.3, 0.4) is 0 Å². The lowest BCUT2D eigenvalue weighted by Gasteiger charge is -2.17. The van der Waals surface area contributed by atoms with Gasteiger partial charge in [-0.1, -0.05) is 20.8 Å². The second-order valence-electron chi connectivity index (χ2n) is 5.04. The molecule has 0 aromatic carbocycles. The van der Waals surface area contributed by atoms with Crippen LogP contribution < -0.4 is 5.32 Å². The Bertz CT molecular complexity index is 264. The Kier molecular flexibility index (Phi) is 4.69. The van der Waals surface area contributed by atoms with Gasteiger partial charge in [0.15, 0.2) is 0 Å². The fourth-order valence-electron chi connectivity index (χ4n) is 1.38. The molecule has 0 spiro atoms. The standard InChI is InChI=1S/C12H21N3/c1-12(2,3)6-4-7-13-9-11-5-8-14-10-15-11/h5,8,10,13H,4,6-7,9H2,1-3H3. The first kappa shape index (κ1) is 12.1. The zero-order valence-electron chi connectivity index (χ0n) is 9.95. The van der Waals surface area contributed by atoms with E-state index in [-0.39, 0.29) is 0 Å². The largest absolute Gasteiger partial charge is 0.311 e. The van der Waals surface area contributed by atoms with Crippen LogP contribution in [0.15, 0.2) is 18.6 Å². The molecule has 15 heavy (non-hydrogen) atoms. The van der Waals surface area contributed by atoms with E-state index in [0.29, 0.717) is 5.41 Å². The molecule has 1 rings (SSSR count). The third-order valence-electron chi connectivity index (χ3n) is 2.23. The Morgan fingerprint density at radius 1 is 1.33 bits per heavy atom. The molecule has 0 saturated carbocycles. The zero-order valence-corrected chi connectivity index (χ0v) is 9.95. The highest BCUT2D eigenvalue weighted by Crippen LogP contribution is 2.19. The summed E-state index contributed by atoms with van der Waals surface area (Å²) in [6.45, 7) is 8.72. The van der Waals surface area contributed by atoms with Gasteiger partial charge < -0.3 is 5.32 Å². The molecule has 0 unspecified atom stereocenters. The van der Waals surface area contributed by atoms with Crippen molar-refractivity contribution in [1.29, 1.82) is 0 Å². The maximum absolute atomic E-state index is 4.15. The third kappa shape index (κ3) is 6.18. The minimum atomic E-state index is 0.441. The average molecular weight is 207 g/mol. The van der Waals surface area contributed by atoms with Crippen LogP contribution in [0.2, 0.25) is 0 Å². The molecule has 1 N–H and O–H groups in total. The summed E-state index contributed by atoms with van der Waals surface area (Å²) in [4.78, 5) is 8.03. The topological polar surface area (TPSA) is 37.8 Å². The molecular weight excluding hydrogens is 186 g/mol. The molecule has 84 valence electrons. The molecule has 3 heteroatoms. The molecule has 0 fully saturated rings. The molecule has 1 aromatic rings. The van der Waals surface area contributed by atoms with Crippen molar-refractivity contribution >= 4 is 0 Å². The number of hydrogen-bond donors (Lipinski definition) is 1. The molecule has 0 radical (unpaired) electrons. The number of rotatable bonds is 5. The molecule has 0 atom stereocenters. The van der Waals surface area contributed by atoms with Gasteiger partial charge in [0.1, 0.15) is 6.33 Å². The highest BCUT2D eigenvalue weighted by molar-refractivity contribution is 4.96. The third-order valence-corrected chi connectivity index (χ3v) is 2.23. The molecule has 0 amide bonds. The summed E-state index contributed by atoms with van der Waals surface area (Å²) in [5.41, 5.74) is 1.50. The van der Waals surface area contributed by atoms with E-state index < -0.39 is 0 Å². The number of hydrogen-bond acceptors (Lipinski definition) is 3. The Labute approximate surface area is 92.3 Å². The van der Waals surface area contributed by atoms with Crippen molar-refractivity contribution in [1.82, 2.24) is 15.3 Å². The summed E-state index contributed by atoms with van der Waals surface area (Å²) in [5.74, 6) is 0. The molecule has 1 heterocycles. The van der Waals surface area contributed by atoms with Gasteiger partial charge in [-0.05, 0) is 30.9 Å². The monoisotopic (exact) mass is 207 g/mol. The molecule has 0 saturated heterocycles. The highest BCUT2D eigenvalue weighted by Gasteiger charge is 2.08. The summed E-state index contributed by atoms with van der Waals surface area (Å²) in [6.07, 6.45) is 5.84. The summed E-state index contributed by atoms with van der Waals surface area (Å²) in [7, 11) is 0. The summed E-state index contributed by atoms with van der Waals surface area (Å²) >= 11 is 0. The normalized spacial score (nSPS) is 11.7. The van der Waals surface area contributed by atoms with Gasteiger partial charge in [-0.15, -0.1) is 0 Å². The van der Waals surface area contributed by atoms with Gasteiger partial charge in [0.2, 0.25) is 0 Å². The van der Waals surface area contributed by atoms with Gasteiger partial charge in [-0.25, -0.2) is 9.97 Å². The molecule has 0 aliphatic carbocycles. The second kappa shape index (κ2) is 5.81. The van der Waals surface area contributed by atoms with E-state index in [2.05, 4.69) is 36.1 Å². The molecule has 1 aromatic heterocycles. The minimum absolute atomic E-state index is 0.441. The van der Waals surface area contributed by atoms with Crippen molar-refractivity contribution in [2.24, 2.45) is 5.41 Å². The lowest BCUT2D eigenvalue weighted by molar-refractivity contribution is 0.361. The van der Waals surface area contributed by atoms with E-state index in [0.717, 1.165) is 18.8 Å². The predicted octanol–water partition coefficient (Wildman–Crippen LogP) is 2.39. The first-order chi connectivity index (χ1) is 7.08. The van der Waals surface area contributed by atoms with Crippen LogP contribution in [0.1, 0.15) is 39.3 Å². The first-order valence-electron chi connectivity index (χ1n) is 5.53. The lowest BCUT2D eigenvalue weighted by atomic mass is 9.91. The SMILES string of the molecule is CC(C)(C)CCCNCc1ccncn1. The Balaban J connectivity index is 2.08. The van der Waals surface area contributed by atoms with E-state index in [9.17, 15) is 0 Å². The average Bonchev–Trinajstić information content (AvgIpc) is 2.17. The van der Waals surface area contributed by atoms with Gasteiger partial charge in [0.25, 0.3) is 0 Å². The van der Waals surface area contributed by atoms with E-state index in [4.69, 9.17) is 0 Å². The molecule has 0 aliphatic heterocycles. The maximum atomic E-state index is 4.15. The second-order valence-corrected chi connectivity index (χ2v) is 5.04. The zero-order chi connectivity index (χ0) is 11.1. The van der Waals surface area contributed by atoms with Crippen LogP contribution in [-0.4, -0.2) is 16.5 Å².